The van der Waals surface area contributed by atoms with Gasteiger partial charge in [0.25, 0.3) is 0 Å². The van der Waals surface area contributed by atoms with Gasteiger partial charge in [0, 0.05) is 0 Å². The molecule has 3 atom stereocenters. The number of carboxylic acids is 1. The Balaban J connectivity index is 4.76. The summed E-state index contributed by atoms with van der Waals surface area (Å²) in [5, 5.41) is 14.2. The minimum Gasteiger partial charge on any atom is -0.480 e. The molecule has 0 heterocycles. The number of hydrogen-bond acceptors (Lipinski definition) is 5. The molecule has 7 N–H and O–H groups in total. The summed E-state index contributed by atoms with van der Waals surface area (Å²) in [7, 11) is 0. The van der Waals surface area contributed by atoms with Gasteiger partial charge in [-0.05, 0) is 38.6 Å². The Kier molecular flexibility index (Phi) is 9.35. The first-order valence-corrected chi connectivity index (χ1v) is 7.49. The molecule has 0 aliphatic heterocycles. The molecule has 2 amide bonds. The Labute approximate surface area is 131 Å². The second-order valence-corrected chi connectivity index (χ2v) is 5.70. The molecule has 8 nitrogen and oxygen atoms in total. The summed E-state index contributed by atoms with van der Waals surface area (Å²) < 4.78 is 0. The highest BCUT2D eigenvalue weighted by molar-refractivity contribution is 5.91. The molecule has 8 heteroatoms. The molecule has 0 bridgehead atoms. The van der Waals surface area contributed by atoms with E-state index in [1.807, 2.05) is 0 Å². The van der Waals surface area contributed by atoms with E-state index in [-0.39, 0.29) is 5.92 Å². The van der Waals surface area contributed by atoms with Gasteiger partial charge in [0.15, 0.2) is 0 Å². The van der Waals surface area contributed by atoms with Gasteiger partial charge in [-0.1, -0.05) is 13.8 Å². The van der Waals surface area contributed by atoms with Gasteiger partial charge >= 0.3 is 5.97 Å². The van der Waals surface area contributed by atoms with E-state index in [4.69, 9.17) is 16.6 Å². The number of unbranched alkanes of at least 4 members (excludes halogenated alkanes) is 1. The van der Waals surface area contributed by atoms with E-state index < -0.39 is 35.9 Å². The topological polar surface area (TPSA) is 148 Å². The summed E-state index contributed by atoms with van der Waals surface area (Å²) in [4.78, 5) is 35.1. The van der Waals surface area contributed by atoms with E-state index in [1.54, 1.807) is 13.8 Å². The van der Waals surface area contributed by atoms with Crippen molar-refractivity contribution in [1.82, 2.24) is 10.6 Å². The zero-order valence-electron chi connectivity index (χ0n) is 13.5. The van der Waals surface area contributed by atoms with Gasteiger partial charge in [0.05, 0.1) is 6.04 Å². The van der Waals surface area contributed by atoms with Crippen molar-refractivity contribution in [3.05, 3.63) is 0 Å². The van der Waals surface area contributed by atoms with Gasteiger partial charge in [-0.2, -0.15) is 0 Å². The number of aliphatic carboxylic acids is 1. The molecule has 0 aromatic carbocycles. The van der Waals surface area contributed by atoms with Crippen LogP contribution in [0.5, 0.6) is 0 Å². The van der Waals surface area contributed by atoms with Crippen molar-refractivity contribution in [2.75, 3.05) is 6.54 Å². The van der Waals surface area contributed by atoms with Crippen molar-refractivity contribution in [1.29, 1.82) is 0 Å². The molecule has 0 radical (unpaired) electrons. The molecule has 0 saturated heterocycles. The molecule has 22 heavy (non-hydrogen) atoms. The smallest absolute Gasteiger partial charge is 0.326 e. The van der Waals surface area contributed by atoms with Crippen LogP contribution in [0.4, 0.5) is 0 Å². The molecular weight excluding hydrogens is 288 g/mol. The van der Waals surface area contributed by atoms with Gasteiger partial charge in [-0.3, -0.25) is 9.59 Å². The average molecular weight is 316 g/mol. The Morgan fingerprint density at radius 3 is 2.05 bits per heavy atom. The maximum atomic E-state index is 12.2. The fraction of sp³-hybridized carbons (Fsp3) is 0.786. The molecule has 0 aromatic rings. The van der Waals surface area contributed by atoms with Crippen LogP contribution in [-0.2, 0) is 14.4 Å². The zero-order chi connectivity index (χ0) is 17.3. The number of carbonyl (C=O) groups excluding carboxylic acids is 2. The zero-order valence-corrected chi connectivity index (χ0v) is 13.5. The first-order valence-electron chi connectivity index (χ1n) is 7.49. The van der Waals surface area contributed by atoms with Gasteiger partial charge < -0.3 is 27.2 Å². The molecule has 0 aliphatic carbocycles. The predicted molar refractivity (Wildman–Crippen MR) is 82.9 cm³/mol. The molecule has 0 unspecified atom stereocenters. The third kappa shape index (κ3) is 7.37. The van der Waals surface area contributed by atoms with Gasteiger partial charge in [0.2, 0.25) is 11.8 Å². The van der Waals surface area contributed by atoms with Gasteiger partial charge in [0.1, 0.15) is 12.1 Å². The number of rotatable bonds is 10. The van der Waals surface area contributed by atoms with E-state index in [9.17, 15) is 14.4 Å². The standard InChI is InChI=1S/C14H28N4O4/c1-8(2)11(18-12(19)9(3)16)13(20)17-10(14(21)22)6-4-5-7-15/h8-11H,4-7,15-16H2,1-3H3,(H,17,20)(H,18,19)(H,21,22)/t9-,10-,11-/m0/s1. The molecule has 128 valence electrons. The Morgan fingerprint density at radius 2 is 1.64 bits per heavy atom. The third-order valence-electron chi connectivity index (χ3n) is 3.22. The molecule has 0 aliphatic rings. The van der Waals surface area contributed by atoms with Crippen LogP contribution in [0.3, 0.4) is 0 Å². The maximum Gasteiger partial charge on any atom is 0.326 e. The number of nitrogens with two attached hydrogens (primary N) is 2. The molecule has 0 spiro atoms. The quantitative estimate of drug-likeness (QED) is 0.332. The summed E-state index contributed by atoms with van der Waals surface area (Å²) in [6.45, 7) is 5.50. The molecular formula is C14H28N4O4. The number of carbonyl (C=O) groups is 3. The second-order valence-electron chi connectivity index (χ2n) is 5.70. The lowest BCUT2D eigenvalue weighted by Crippen LogP contribution is -2.55. The van der Waals surface area contributed by atoms with E-state index in [2.05, 4.69) is 10.6 Å². The van der Waals surface area contributed by atoms with E-state index >= 15 is 0 Å². The Bertz CT molecular complexity index is 385. The van der Waals surface area contributed by atoms with Crippen molar-refractivity contribution in [2.24, 2.45) is 17.4 Å². The molecule has 0 fully saturated rings. The maximum absolute atomic E-state index is 12.2. The monoisotopic (exact) mass is 316 g/mol. The van der Waals surface area contributed by atoms with Gasteiger partial charge in [-0.15, -0.1) is 0 Å². The van der Waals surface area contributed by atoms with Crippen LogP contribution in [0.15, 0.2) is 0 Å². The number of nitrogens with one attached hydrogen (secondary N) is 2. The number of hydrogen-bond donors (Lipinski definition) is 5. The van der Waals surface area contributed by atoms with Crippen LogP contribution in [0.2, 0.25) is 0 Å². The van der Waals surface area contributed by atoms with Crippen molar-refractivity contribution < 1.29 is 19.5 Å². The summed E-state index contributed by atoms with van der Waals surface area (Å²) in [6.07, 6.45) is 1.59. The Hall–Kier alpha value is -1.67. The predicted octanol–water partition coefficient (Wildman–Crippen LogP) is -0.827. The van der Waals surface area contributed by atoms with Crippen molar-refractivity contribution in [3.63, 3.8) is 0 Å². The summed E-state index contributed by atoms with van der Waals surface area (Å²) in [6, 6.07) is -2.56. The second kappa shape index (κ2) is 10.1. The van der Waals surface area contributed by atoms with E-state index in [0.29, 0.717) is 25.8 Å². The minimum atomic E-state index is -1.11. The first-order chi connectivity index (χ1) is 10.2. The fourth-order valence-electron chi connectivity index (χ4n) is 1.83. The molecule has 0 rings (SSSR count). The normalized spacial score (nSPS) is 15.0. The largest absolute Gasteiger partial charge is 0.480 e. The van der Waals surface area contributed by atoms with Crippen molar-refractivity contribution in [2.45, 2.75) is 58.2 Å². The van der Waals surface area contributed by atoms with Crippen LogP contribution in [0.25, 0.3) is 0 Å². The van der Waals surface area contributed by atoms with Crippen LogP contribution < -0.4 is 22.1 Å². The van der Waals surface area contributed by atoms with E-state index in [1.165, 1.54) is 6.92 Å². The lowest BCUT2D eigenvalue weighted by atomic mass is 10.0. The summed E-state index contributed by atoms with van der Waals surface area (Å²) in [5.41, 5.74) is 10.8. The first kappa shape index (κ1) is 20.3. The van der Waals surface area contributed by atoms with Crippen LogP contribution in [0, 0.1) is 5.92 Å². The highest BCUT2D eigenvalue weighted by Gasteiger charge is 2.28. The average Bonchev–Trinajstić information content (AvgIpc) is 2.42. The number of carboxylic acid groups (broad SMARTS) is 1. The van der Waals surface area contributed by atoms with Crippen LogP contribution in [0.1, 0.15) is 40.0 Å². The van der Waals surface area contributed by atoms with E-state index in [0.717, 1.165) is 0 Å². The molecule has 0 saturated carbocycles. The summed E-state index contributed by atoms with van der Waals surface area (Å²) >= 11 is 0. The van der Waals surface area contributed by atoms with Crippen LogP contribution >= 0.6 is 0 Å². The van der Waals surface area contributed by atoms with Crippen molar-refractivity contribution >= 4 is 17.8 Å². The highest BCUT2D eigenvalue weighted by atomic mass is 16.4. The highest BCUT2D eigenvalue weighted by Crippen LogP contribution is 2.06. The molecule has 0 aromatic heterocycles. The minimum absolute atomic E-state index is 0.193. The number of amides is 2. The Morgan fingerprint density at radius 1 is 1.05 bits per heavy atom. The third-order valence-corrected chi connectivity index (χ3v) is 3.22. The fourth-order valence-corrected chi connectivity index (χ4v) is 1.83. The lowest BCUT2D eigenvalue weighted by Gasteiger charge is -2.24. The van der Waals surface area contributed by atoms with Crippen molar-refractivity contribution in [3.8, 4) is 0 Å². The SMILES string of the molecule is CC(C)[C@H](NC(=O)[C@H](C)N)C(=O)N[C@@H](CCCCN)C(=O)O. The van der Waals surface area contributed by atoms with Gasteiger partial charge in [-0.25, -0.2) is 4.79 Å². The van der Waals surface area contributed by atoms with Crippen LogP contribution in [-0.4, -0.2) is 47.6 Å². The lowest BCUT2D eigenvalue weighted by molar-refractivity contribution is -0.142. The summed E-state index contributed by atoms with van der Waals surface area (Å²) in [5.74, 6) is -2.28.